The highest BCUT2D eigenvalue weighted by molar-refractivity contribution is 6.30. The van der Waals surface area contributed by atoms with E-state index in [0.29, 0.717) is 29.4 Å². The number of oxime groups is 1. The molecule has 3 N–H and O–H groups in total. The number of aryl methyl sites for hydroxylation is 2. The quantitative estimate of drug-likeness (QED) is 0.327. The topological polar surface area (TPSA) is 107 Å². The SMILES string of the molecule is Cc1cc(C)n(-c2ccc(/C(N)=N/OCC(=O)NCCc3ccc(Cl)cc3)cn2)n1. The Balaban J connectivity index is 1.45. The van der Waals surface area contributed by atoms with Crippen molar-refractivity contribution in [1.29, 1.82) is 0 Å². The third-order valence-electron chi connectivity index (χ3n) is 4.28. The van der Waals surface area contributed by atoms with Gasteiger partial charge in [-0.15, -0.1) is 0 Å². The minimum absolute atomic E-state index is 0.136. The summed E-state index contributed by atoms with van der Waals surface area (Å²) in [5.41, 5.74) is 9.48. The van der Waals surface area contributed by atoms with Crippen LogP contribution in [-0.2, 0) is 16.1 Å². The molecule has 8 nitrogen and oxygen atoms in total. The van der Waals surface area contributed by atoms with Crippen LogP contribution in [0.3, 0.4) is 0 Å². The highest BCUT2D eigenvalue weighted by Gasteiger charge is 2.07. The fraction of sp³-hybridized carbons (Fsp3) is 0.238. The third-order valence-corrected chi connectivity index (χ3v) is 4.53. The monoisotopic (exact) mass is 426 g/mol. The zero-order chi connectivity index (χ0) is 21.5. The highest BCUT2D eigenvalue weighted by Crippen LogP contribution is 2.11. The molecule has 0 spiro atoms. The lowest BCUT2D eigenvalue weighted by atomic mass is 10.1. The number of hydrogen-bond donors (Lipinski definition) is 2. The average Bonchev–Trinajstić information content (AvgIpc) is 3.07. The second kappa shape index (κ2) is 9.89. The van der Waals surface area contributed by atoms with Crippen molar-refractivity contribution in [1.82, 2.24) is 20.1 Å². The summed E-state index contributed by atoms with van der Waals surface area (Å²) in [7, 11) is 0. The van der Waals surface area contributed by atoms with Gasteiger partial charge in [0.25, 0.3) is 5.91 Å². The number of nitrogens with two attached hydrogens (primary N) is 1. The Kier molecular flexibility index (Phi) is 7.03. The minimum Gasteiger partial charge on any atom is -0.384 e. The number of hydrogen-bond acceptors (Lipinski definition) is 5. The maximum absolute atomic E-state index is 11.9. The molecule has 0 radical (unpaired) electrons. The zero-order valence-electron chi connectivity index (χ0n) is 16.8. The van der Waals surface area contributed by atoms with E-state index in [1.54, 1.807) is 23.0 Å². The van der Waals surface area contributed by atoms with E-state index in [1.165, 1.54) is 0 Å². The standard InChI is InChI=1S/C21H23ClN6O2/c1-14-11-15(2)28(26-14)19-8-5-17(12-25-19)21(23)27-30-13-20(29)24-10-9-16-3-6-18(22)7-4-16/h3-8,11-12H,9-10,13H2,1-2H3,(H2,23,27)(H,24,29). The van der Waals surface area contributed by atoms with E-state index in [0.717, 1.165) is 17.0 Å². The number of rotatable bonds is 8. The number of nitrogens with zero attached hydrogens (tertiary/aromatic N) is 4. The third kappa shape index (κ3) is 5.81. The Bertz CT molecular complexity index is 1030. The van der Waals surface area contributed by atoms with E-state index < -0.39 is 0 Å². The van der Waals surface area contributed by atoms with Gasteiger partial charge in [0, 0.05) is 29.0 Å². The van der Waals surface area contributed by atoms with E-state index >= 15 is 0 Å². The van der Waals surface area contributed by atoms with Crippen LogP contribution >= 0.6 is 11.6 Å². The number of benzene rings is 1. The predicted molar refractivity (Wildman–Crippen MR) is 116 cm³/mol. The number of halogens is 1. The number of carbonyl (C=O) groups is 1. The molecule has 1 aromatic carbocycles. The lowest BCUT2D eigenvalue weighted by molar-refractivity contribution is -0.125. The van der Waals surface area contributed by atoms with E-state index in [9.17, 15) is 4.79 Å². The number of amidine groups is 1. The average molecular weight is 427 g/mol. The van der Waals surface area contributed by atoms with Gasteiger partial charge in [0.2, 0.25) is 0 Å². The first-order chi connectivity index (χ1) is 14.4. The Morgan fingerprint density at radius 3 is 2.63 bits per heavy atom. The largest absolute Gasteiger partial charge is 0.384 e. The van der Waals surface area contributed by atoms with Crippen LogP contribution < -0.4 is 11.1 Å². The first-order valence-corrected chi connectivity index (χ1v) is 9.77. The molecule has 9 heteroatoms. The molecule has 0 saturated heterocycles. The van der Waals surface area contributed by atoms with Crippen LogP contribution in [0.1, 0.15) is 22.5 Å². The predicted octanol–water partition coefficient (Wildman–Crippen LogP) is 2.53. The Labute approximate surface area is 179 Å². The van der Waals surface area contributed by atoms with Gasteiger partial charge in [0.1, 0.15) is 0 Å². The van der Waals surface area contributed by atoms with E-state index in [4.69, 9.17) is 22.2 Å². The van der Waals surface area contributed by atoms with Crippen LogP contribution in [0.5, 0.6) is 0 Å². The molecule has 0 unspecified atom stereocenters. The highest BCUT2D eigenvalue weighted by atomic mass is 35.5. The Morgan fingerprint density at radius 2 is 2.00 bits per heavy atom. The number of nitrogens with one attached hydrogen (secondary N) is 1. The van der Waals surface area contributed by atoms with E-state index in [1.807, 2.05) is 44.2 Å². The van der Waals surface area contributed by atoms with Crippen molar-refractivity contribution in [2.45, 2.75) is 20.3 Å². The number of pyridine rings is 1. The molecular weight excluding hydrogens is 404 g/mol. The van der Waals surface area contributed by atoms with Crippen LogP contribution in [0.25, 0.3) is 5.82 Å². The van der Waals surface area contributed by atoms with Crippen molar-refractivity contribution in [3.8, 4) is 5.82 Å². The van der Waals surface area contributed by atoms with Gasteiger partial charge in [-0.05, 0) is 56.2 Å². The molecular formula is C21H23ClN6O2. The van der Waals surface area contributed by atoms with Crippen molar-refractivity contribution in [2.24, 2.45) is 10.9 Å². The lowest BCUT2D eigenvalue weighted by Gasteiger charge is -2.06. The fourth-order valence-electron chi connectivity index (χ4n) is 2.79. The van der Waals surface area contributed by atoms with Crippen LogP contribution in [0.15, 0.2) is 53.8 Å². The first-order valence-electron chi connectivity index (χ1n) is 9.39. The molecule has 2 aromatic heterocycles. The van der Waals surface area contributed by atoms with Gasteiger partial charge < -0.3 is 15.9 Å². The van der Waals surface area contributed by atoms with Crippen molar-refractivity contribution in [3.05, 3.63) is 76.2 Å². The molecule has 0 atom stereocenters. The van der Waals surface area contributed by atoms with Crippen molar-refractivity contribution < 1.29 is 9.63 Å². The summed E-state index contributed by atoms with van der Waals surface area (Å²) in [4.78, 5) is 21.3. The van der Waals surface area contributed by atoms with Crippen LogP contribution in [0.4, 0.5) is 0 Å². The molecule has 3 rings (SSSR count). The van der Waals surface area contributed by atoms with Gasteiger partial charge in [-0.2, -0.15) is 5.10 Å². The molecule has 30 heavy (non-hydrogen) atoms. The van der Waals surface area contributed by atoms with E-state index in [-0.39, 0.29) is 18.3 Å². The van der Waals surface area contributed by atoms with Gasteiger partial charge in [-0.1, -0.05) is 28.9 Å². The van der Waals surface area contributed by atoms with Gasteiger partial charge in [-0.3, -0.25) is 4.79 Å². The molecule has 1 amide bonds. The maximum Gasteiger partial charge on any atom is 0.260 e. The van der Waals surface area contributed by atoms with Crippen molar-refractivity contribution in [3.63, 3.8) is 0 Å². The summed E-state index contributed by atoms with van der Waals surface area (Å²) in [5, 5.41) is 11.6. The van der Waals surface area contributed by atoms with Crippen molar-refractivity contribution in [2.75, 3.05) is 13.2 Å². The van der Waals surface area contributed by atoms with Crippen LogP contribution in [0.2, 0.25) is 5.02 Å². The zero-order valence-corrected chi connectivity index (χ0v) is 17.6. The summed E-state index contributed by atoms with van der Waals surface area (Å²) >= 11 is 5.85. The van der Waals surface area contributed by atoms with Crippen LogP contribution in [-0.4, -0.2) is 39.7 Å². The summed E-state index contributed by atoms with van der Waals surface area (Å²) < 4.78 is 1.75. The Hall–Kier alpha value is -3.39. The Morgan fingerprint density at radius 1 is 1.23 bits per heavy atom. The molecule has 0 aliphatic carbocycles. The first kappa shape index (κ1) is 21.3. The fourth-order valence-corrected chi connectivity index (χ4v) is 2.91. The summed E-state index contributed by atoms with van der Waals surface area (Å²) in [6, 6.07) is 13.0. The van der Waals surface area contributed by atoms with Gasteiger partial charge >= 0.3 is 0 Å². The molecule has 0 saturated carbocycles. The number of amides is 1. The second-order valence-electron chi connectivity index (χ2n) is 6.72. The molecule has 0 aliphatic rings. The number of aromatic nitrogens is 3. The molecule has 0 bridgehead atoms. The molecule has 3 aromatic rings. The molecule has 156 valence electrons. The molecule has 2 heterocycles. The van der Waals surface area contributed by atoms with Gasteiger partial charge in [0.15, 0.2) is 18.3 Å². The minimum atomic E-state index is -0.279. The summed E-state index contributed by atoms with van der Waals surface area (Å²) in [5.74, 6) is 0.535. The molecule has 0 fully saturated rings. The molecule has 0 aliphatic heterocycles. The summed E-state index contributed by atoms with van der Waals surface area (Å²) in [6.45, 7) is 4.15. The normalized spacial score (nSPS) is 11.4. The van der Waals surface area contributed by atoms with Crippen LogP contribution in [0, 0.1) is 13.8 Å². The van der Waals surface area contributed by atoms with E-state index in [2.05, 4.69) is 20.6 Å². The summed E-state index contributed by atoms with van der Waals surface area (Å²) in [6.07, 6.45) is 2.28. The van der Waals surface area contributed by atoms with Crippen molar-refractivity contribution >= 4 is 23.3 Å². The number of carbonyl (C=O) groups excluding carboxylic acids is 1. The van der Waals surface area contributed by atoms with Gasteiger partial charge in [-0.25, -0.2) is 9.67 Å². The van der Waals surface area contributed by atoms with Gasteiger partial charge in [0.05, 0.1) is 5.69 Å². The smallest absolute Gasteiger partial charge is 0.260 e. The lowest BCUT2D eigenvalue weighted by Crippen LogP contribution is -2.29. The maximum atomic E-state index is 11.9. The second-order valence-corrected chi connectivity index (χ2v) is 7.16.